The molecule has 0 spiro atoms. The van der Waals surface area contributed by atoms with E-state index in [1.165, 1.54) is 24.0 Å². The van der Waals surface area contributed by atoms with Gasteiger partial charge in [0.05, 0.1) is 37.7 Å². The molecule has 0 amide bonds. The van der Waals surface area contributed by atoms with Crippen LogP contribution < -0.4 is 9.80 Å². The van der Waals surface area contributed by atoms with E-state index >= 15 is 0 Å². The zero-order valence-electron chi connectivity index (χ0n) is 18.4. The third kappa shape index (κ3) is 5.08. The van der Waals surface area contributed by atoms with Crippen LogP contribution in [0, 0.1) is 0 Å². The van der Waals surface area contributed by atoms with Gasteiger partial charge in [-0.05, 0) is 24.3 Å². The second-order valence-corrected chi connectivity index (χ2v) is 7.25. The molecule has 1 aromatic carbocycles. The van der Waals surface area contributed by atoms with Gasteiger partial charge in [0.15, 0.2) is 0 Å². The van der Waals surface area contributed by atoms with Gasteiger partial charge in [0.2, 0.25) is 0 Å². The van der Waals surface area contributed by atoms with Crippen LogP contribution in [-0.4, -0.2) is 58.6 Å². The molecule has 0 saturated carbocycles. The van der Waals surface area contributed by atoms with Crippen molar-refractivity contribution in [1.29, 1.82) is 0 Å². The van der Waals surface area contributed by atoms with Crippen LogP contribution in [0.3, 0.4) is 0 Å². The number of hydrogen-bond acceptors (Lipinski definition) is 8. The van der Waals surface area contributed by atoms with E-state index in [4.69, 9.17) is 14.2 Å². The van der Waals surface area contributed by atoms with Gasteiger partial charge in [-0.15, -0.1) is 0 Å². The number of ether oxygens (including phenoxy) is 3. The van der Waals surface area contributed by atoms with Gasteiger partial charge >= 0.3 is 18.1 Å². The molecule has 0 saturated heterocycles. The van der Waals surface area contributed by atoms with Gasteiger partial charge in [0, 0.05) is 25.3 Å². The number of halogens is 3. The van der Waals surface area contributed by atoms with Gasteiger partial charge in [0.1, 0.15) is 18.2 Å². The maximum Gasteiger partial charge on any atom is 0.416 e. The Kier molecular flexibility index (Phi) is 6.92. The van der Waals surface area contributed by atoms with Gasteiger partial charge < -0.3 is 24.0 Å². The average Bonchev–Trinajstić information content (AvgIpc) is 2.81. The second-order valence-electron chi connectivity index (χ2n) is 7.25. The summed E-state index contributed by atoms with van der Waals surface area (Å²) in [4.78, 5) is 31.7. The number of benzene rings is 1. The zero-order valence-corrected chi connectivity index (χ0v) is 18.4. The first-order valence-electron chi connectivity index (χ1n) is 9.69. The van der Waals surface area contributed by atoms with Crippen molar-refractivity contribution in [3.63, 3.8) is 0 Å². The minimum Gasteiger partial charge on any atom is -0.466 e. The lowest BCUT2D eigenvalue weighted by atomic mass is 10.1. The number of nitrogens with zero attached hydrogens (tertiary/aromatic N) is 3. The Balaban J connectivity index is 2.03. The molecule has 3 rings (SSSR count). The number of rotatable bonds is 5. The lowest BCUT2D eigenvalue weighted by Gasteiger charge is -2.31. The molecule has 1 aliphatic heterocycles. The fraction of sp³-hybridized carbons (Fsp3) is 0.318. The summed E-state index contributed by atoms with van der Waals surface area (Å²) in [5.41, 5.74) is 0.172. The van der Waals surface area contributed by atoms with Crippen molar-refractivity contribution in [3.8, 4) is 11.3 Å². The smallest absolute Gasteiger partial charge is 0.416 e. The summed E-state index contributed by atoms with van der Waals surface area (Å²) in [6.45, 7) is -0.177. The van der Waals surface area contributed by atoms with Gasteiger partial charge in [-0.2, -0.15) is 13.2 Å². The molecule has 0 atom stereocenters. The Bertz CT molecular complexity index is 1080. The highest BCUT2D eigenvalue weighted by molar-refractivity contribution is 6.03. The summed E-state index contributed by atoms with van der Waals surface area (Å²) in [6.07, 6.45) is -4.53. The maximum absolute atomic E-state index is 13.4. The van der Waals surface area contributed by atoms with E-state index < -0.39 is 23.7 Å². The van der Waals surface area contributed by atoms with Gasteiger partial charge in [-0.1, -0.05) is 12.1 Å². The summed E-state index contributed by atoms with van der Waals surface area (Å²) in [5, 5.41) is 0. The molecule has 0 unspecified atom stereocenters. The highest BCUT2D eigenvalue weighted by atomic mass is 19.4. The molecule has 8 nitrogen and oxygen atoms in total. The molecule has 2 heterocycles. The van der Waals surface area contributed by atoms with E-state index in [1.807, 2.05) is 0 Å². The van der Waals surface area contributed by atoms with E-state index in [2.05, 4.69) is 4.98 Å². The number of esters is 2. The van der Waals surface area contributed by atoms with Crippen LogP contribution in [-0.2, 0) is 30.0 Å². The first kappa shape index (κ1) is 24.1. The minimum atomic E-state index is -4.53. The predicted molar refractivity (Wildman–Crippen MR) is 113 cm³/mol. The molecule has 0 aliphatic carbocycles. The molecular weight excluding hydrogens is 443 g/mol. The van der Waals surface area contributed by atoms with Crippen molar-refractivity contribution in [2.45, 2.75) is 6.18 Å². The average molecular weight is 465 g/mol. The monoisotopic (exact) mass is 465 g/mol. The number of carbonyl (C=O) groups is 2. The Morgan fingerprint density at radius 3 is 2.24 bits per heavy atom. The Morgan fingerprint density at radius 2 is 1.70 bits per heavy atom. The van der Waals surface area contributed by atoms with E-state index in [1.54, 1.807) is 38.4 Å². The summed E-state index contributed by atoms with van der Waals surface area (Å²) in [6, 6.07) is 8.25. The highest BCUT2D eigenvalue weighted by Gasteiger charge is 2.33. The lowest BCUT2D eigenvalue weighted by molar-refractivity contribution is -0.140. The molecule has 0 radical (unpaired) electrons. The van der Waals surface area contributed by atoms with Gasteiger partial charge in [-0.25, -0.2) is 14.6 Å². The van der Waals surface area contributed by atoms with Crippen LogP contribution in [0.15, 0.2) is 47.7 Å². The fourth-order valence-corrected chi connectivity index (χ4v) is 3.22. The standard InChI is InChI=1S/C22H22F3N3O5/c1-27(2)18-10-14(22(23,24)25)9-17(26-18)13-5-7-15(8-6-13)28-12-33-11-16(20(29)31-3)19(28)21(30)32-4/h5-10H,11-12H2,1-4H3. The summed E-state index contributed by atoms with van der Waals surface area (Å²) < 4.78 is 55.1. The molecule has 2 aromatic rings. The number of carbonyl (C=O) groups excluding carboxylic acids is 2. The van der Waals surface area contributed by atoms with Crippen LogP contribution in [0.4, 0.5) is 24.7 Å². The van der Waals surface area contributed by atoms with Gasteiger partial charge in [0.25, 0.3) is 0 Å². The second kappa shape index (κ2) is 9.49. The van der Waals surface area contributed by atoms with Crippen LogP contribution in [0.25, 0.3) is 11.3 Å². The quantitative estimate of drug-likeness (QED) is 0.623. The molecule has 176 valence electrons. The van der Waals surface area contributed by atoms with Gasteiger partial charge in [-0.3, -0.25) is 0 Å². The molecule has 11 heteroatoms. The highest BCUT2D eigenvalue weighted by Crippen LogP contribution is 2.35. The number of aromatic nitrogens is 1. The van der Waals surface area contributed by atoms with Crippen LogP contribution in [0.2, 0.25) is 0 Å². The van der Waals surface area contributed by atoms with E-state index in [0.717, 1.165) is 12.1 Å². The van der Waals surface area contributed by atoms with Crippen molar-refractivity contribution in [3.05, 3.63) is 53.2 Å². The first-order chi connectivity index (χ1) is 15.6. The van der Waals surface area contributed by atoms with Crippen molar-refractivity contribution >= 4 is 23.4 Å². The van der Waals surface area contributed by atoms with Crippen molar-refractivity contribution in [1.82, 2.24) is 4.98 Å². The SMILES string of the molecule is COC(=O)C1=C(C(=O)OC)N(c2ccc(-c3cc(C(F)(F)F)cc(N(C)C)n3)cc2)COC1. The predicted octanol–water partition coefficient (Wildman–Crippen LogP) is 3.23. The van der Waals surface area contributed by atoms with Crippen LogP contribution in [0.5, 0.6) is 0 Å². The molecule has 0 N–H and O–H groups in total. The number of hydrogen-bond donors (Lipinski definition) is 0. The molecule has 0 bridgehead atoms. The number of methoxy groups -OCH3 is 2. The molecule has 33 heavy (non-hydrogen) atoms. The largest absolute Gasteiger partial charge is 0.466 e. The number of anilines is 2. The normalized spacial score (nSPS) is 14.2. The Labute approximate surface area is 188 Å². The van der Waals surface area contributed by atoms with Crippen LogP contribution in [0.1, 0.15) is 5.56 Å². The summed E-state index contributed by atoms with van der Waals surface area (Å²) in [5.74, 6) is -1.33. The van der Waals surface area contributed by atoms with E-state index in [9.17, 15) is 22.8 Å². The fourth-order valence-electron chi connectivity index (χ4n) is 3.22. The summed E-state index contributed by atoms with van der Waals surface area (Å²) >= 11 is 0. The van der Waals surface area contributed by atoms with Crippen molar-refractivity contribution in [2.75, 3.05) is 51.5 Å². The Hall–Kier alpha value is -3.60. The molecule has 0 fully saturated rings. The third-order valence-electron chi connectivity index (χ3n) is 4.91. The van der Waals surface area contributed by atoms with E-state index in [0.29, 0.717) is 11.3 Å². The maximum atomic E-state index is 13.4. The lowest BCUT2D eigenvalue weighted by Crippen LogP contribution is -2.38. The Morgan fingerprint density at radius 1 is 1.06 bits per heavy atom. The topological polar surface area (TPSA) is 81.2 Å². The van der Waals surface area contributed by atoms with Crippen molar-refractivity contribution < 1.29 is 37.0 Å². The van der Waals surface area contributed by atoms with Crippen LogP contribution >= 0.6 is 0 Å². The summed E-state index contributed by atoms with van der Waals surface area (Å²) in [7, 11) is 5.57. The first-order valence-corrected chi connectivity index (χ1v) is 9.69. The molecule has 1 aliphatic rings. The van der Waals surface area contributed by atoms with Crippen molar-refractivity contribution in [2.24, 2.45) is 0 Å². The number of pyridine rings is 1. The molecular formula is C22H22F3N3O5. The third-order valence-corrected chi connectivity index (χ3v) is 4.91. The zero-order chi connectivity index (χ0) is 24.3. The van der Waals surface area contributed by atoms with E-state index in [-0.39, 0.29) is 36.1 Å². The minimum absolute atomic E-state index is 0.00477. The molecule has 1 aromatic heterocycles. The number of alkyl halides is 3.